The number of fused-ring (bicyclic) bond motifs is 1. The van der Waals surface area contributed by atoms with E-state index in [1.165, 1.54) is 22.4 Å². The van der Waals surface area contributed by atoms with Crippen LogP contribution in [-0.4, -0.2) is 80.4 Å². The molecule has 1 amide bonds. The molecule has 194 valence electrons. The Kier molecular flexibility index (Phi) is 8.67. The number of piperazine rings is 1. The largest absolute Gasteiger partial charge is 0.383 e. The molecule has 0 spiro atoms. The lowest BCUT2D eigenvalue weighted by Gasteiger charge is -2.34. The Balaban J connectivity index is 1.67. The van der Waals surface area contributed by atoms with Crippen molar-refractivity contribution in [1.29, 1.82) is 0 Å². The zero-order valence-electron chi connectivity index (χ0n) is 22.4. The summed E-state index contributed by atoms with van der Waals surface area (Å²) in [4.78, 5) is 18.0. The number of aromatic nitrogens is 1. The monoisotopic (exact) mass is 492 g/mol. The smallest absolute Gasteiger partial charge is 0.254 e. The Morgan fingerprint density at radius 2 is 1.64 bits per heavy atom. The number of amides is 1. The molecule has 3 aromatic rings. The van der Waals surface area contributed by atoms with Gasteiger partial charge in [0.1, 0.15) is 0 Å². The van der Waals surface area contributed by atoms with Crippen LogP contribution in [0, 0.1) is 20.8 Å². The highest BCUT2D eigenvalue weighted by Crippen LogP contribution is 2.33. The van der Waals surface area contributed by atoms with E-state index < -0.39 is 0 Å². The molecule has 1 aromatic heterocycles. The molecule has 2 aromatic carbocycles. The lowest BCUT2D eigenvalue weighted by Crippen LogP contribution is -2.49. The van der Waals surface area contributed by atoms with E-state index in [1.807, 2.05) is 11.0 Å². The molecule has 1 saturated heterocycles. The highest BCUT2D eigenvalue weighted by atomic mass is 16.5. The number of hydrogen-bond donors (Lipinski definition) is 1. The first-order chi connectivity index (χ1) is 17.4. The summed E-state index contributed by atoms with van der Waals surface area (Å²) in [6.45, 7) is 13.4. The maximum Gasteiger partial charge on any atom is 0.254 e. The third kappa shape index (κ3) is 5.59. The van der Waals surface area contributed by atoms with Gasteiger partial charge in [-0.25, -0.2) is 0 Å². The minimum atomic E-state index is 0.101. The van der Waals surface area contributed by atoms with E-state index in [0.717, 1.165) is 68.0 Å². The van der Waals surface area contributed by atoms with Crippen molar-refractivity contribution in [1.82, 2.24) is 14.4 Å². The summed E-state index contributed by atoms with van der Waals surface area (Å²) in [5.74, 6) is 0.101. The van der Waals surface area contributed by atoms with E-state index in [4.69, 9.17) is 9.47 Å². The number of nitrogens with one attached hydrogen (secondary N) is 1. The topological polar surface area (TPSA) is 59.0 Å². The second-order valence-electron chi connectivity index (χ2n) is 9.68. The molecule has 1 N–H and O–H groups in total. The number of benzene rings is 2. The summed E-state index contributed by atoms with van der Waals surface area (Å²) in [6, 6.07) is 12.5. The molecular formula is C29H40N4O3. The fourth-order valence-corrected chi connectivity index (χ4v) is 5.07. The number of rotatable bonds is 10. The van der Waals surface area contributed by atoms with Crippen LogP contribution in [0.2, 0.25) is 0 Å². The van der Waals surface area contributed by atoms with Gasteiger partial charge in [0.2, 0.25) is 0 Å². The zero-order valence-corrected chi connectivity index (χ0v) is 22.4. The van der Waals surface area contributed by atoms with Crippen LogP contribution in [0.25, 0.3) is 10.9 Å². The molecular weight excluding hydrogens is 452 g/mol. The van der Waals surface area contributed by atoms with Gasteiger partial charge in [0.25, 0.3) is 5.91 Å². The van der Waals surface area contributed by atoms with Crippen molar-refractivity contribution < 1.29 is 14.3 Å². The van der Waals surface area contributed by atoms with Crippen LogP contribution in [-0.2, 0) is 22.6 Å². The second kappa shape index (κ2) is 11.9. The van der Waals surface area contributed by atoms with Gasteiger partial charge in [0.15, 0.2) is 0 Å². The normalized spacial score (nSPS) is 14.5. The maximum absolute atomic E-state index is 13.6. The first-order valence-electron chi connectivity index (χ1n) is 12.9. The molecule has 0 bridgehead atoms. The number of methoxy groups -OCH3 is 2. The molecule has 0 radical (unpaired) electrons. The minimum absolute atomic E-state index is 0.101. The van der Waals surface area contributed by atoms with Crippen molar-refractivity contribution >= 4 is 22.5 Å². The van der Waals surface area contributed by atoms with Crippen LogP contribution in [0.4, 0.5) is 5.69 Å². The van der Waals surface area contributed by atoms with Crippen LogP contribution in [0.3, 0.4) is 0 Å². The molecule has 0 atom stereocenters. The average Bonchev–Trinajstić information content (AvgIpc) is 3.14. The van der Waals surface area contributed by atoms with Gasteiger partial charge < -0.3 is 24.3 Å². The molecule has 1 aliphatic rings. The number of nitrogens with zero attached hydrogens (tertiary/aromatic N) is 3. The Morgan fingerprint density at radius 1 is 0.944 bits per heavy atom. The Bertz CT molecular complexity index is 1190. The van der Waals surface area contributed by atoms with Crippen molar-refractivity contribution in [2.24, 2.45) is 0 Å². The lowest BCUT2D eigenvalue weighted by molar-refractivity contribution is 0.0594. The summed E-state index contributed by atoms with van der Waals surface area (Å²) in [5, 5.41) is 4.80. The SMILES string of the molecule is COCCN1CCN(C(=O)c2cc(NCc3ccccc3C)c3c(c2)c(C)c(C)n3CCOC)CC1. The molecule has 0 unspecified atom stereocenters. The molecule has 4 rings (SSSR count). The molecule has 0 saturated carbocycles. The summed E-state index contributed by atoms with van der Waals surface area (Å²) in [5.41, 5.74) is 7.78. The van der Waals surface area contributed by atoms with Crippen molar-refractivity contribution in [3.05, 3.63) is 64.3 Å². The van der Waals surface area contributed by atoms with Crippen LogP contribution < -0.4 is 5.32 Å². The Morgan fingerprint density at radius 3 is 2.33 bits per heavy atom. The number of carbonyl (C=O) groups excluding carboxylic acids is 1. The number of carbonyl (C=O) groups is 1. The highest BCUT2D eigenvalue weighted by Gasteiger charge is 2.24. The highest BCUT2D eigenvalue weighted by molar-refractivity contribution is 6.04. The second-order valence-corrected chi connectivity index (χ2v) is 9.68. The van der Waals surface area contributed by atoms with Crippen LogP contribution >= 0.6 is 0 Å². The molecule has 1 fully saturated rings. The van der Waals surface area contributed by atoms with Gasteiger partial charge in [-0.3, -0.25) is 9.69 Å². The number of aryl methyl sites for hydroxylation is 2. The molecule has 2 heterocycles. The van der Waals surface area contributed by atoms with E-state index in [9.17, 15) is 4.79 Å². The molecule has 0 aliphatic carbocycles. The Hall–Kier alpha value is -2.87. The fraction of sp³-hybridized carbons (Fsp3) is 0.483. The predicted molar refractivity (Wildman–Crippen MR) is 146 cm³/mol. The summed E-state index contributed by atoms with van der Waals surface area (Å²) in [6.07, 6.45) is 0. The predicted octanol–water partition coefficient (Wildman–Crippen LogP) is 4.23. The van der Waals surface area contributed by atoms with Gasteiger partial charge in [0.05, 0.1) is 24.4 Å². The summed E-state index contributed by atoms with van der Waals surface area (Å²) in [7, 11) is 3.46. The molecule has 1 aliphatic heterocycles. The summed E-state index contributed by atoms with van der Waals surface area (Å²) >= 11 is 0. The van der Waals surface area contributed by atoms with Gasteiger partial charge in [-0.15, -0.1) is 0 Å². The van der Waals surface area contributed by atoms with Crippen LogP contribution in [0.5, 0.6) is 0 Å². The van der Waals surface area contributed by atoms with Crippen molar-refractivity contribution in [2.45, 2.75) is 33.9 Å². The van der Waals surface area contributed by atoms with Gasteiger partial charge in [-0.2, -0.15) is 0 Å². The van der Waals surface area contributed by atoms with Crippen molar-refractivity contribution in [3.63, 3.8) is 0 Å². The lowest BCUT2D eigenvalue weighted by atomic mass is 10.0. The number of hydrogen-bond acceptors (Lipinski definition) is 5. The summed E-state index contributed by atoms with van der Waals surface area (Å²) < 4.78 is 12.9. The Labute approximate surface area is 215 Å². The van der Waals surface area contributed by atoms with Gasteiger partial charge in [0, 0.05) is 76.7 Å². The molecule has 7 nitrogen and oxygen atoms in total. The quantitative estimate of drug-likeness (QED) is 0.459. The van der Waals surface area contributed by atoms with Gasteiger partial charge in [-0.1, -0.05) is 24.3 Å². The number of anilines is 1. The standard InChI is InChI=1S/C29H40N4O3/c1-21-8-6-7-9-24(21)20-30-27-19-25(29(34)32-12-10-31(11-13-32)14-16-35-4)18-26-22(2)23(3)33(28(26)27)15-17-36-5/h6-9,18-19,30H,10-17,20H2,1-5H3. The van der Waals surface area contributed by atoms with Crippen LogP contribution in [0.15, 0.2) is 36.4 Å². The van der Waals surface area contributed by atoms with E-state index in [-0.39, 0.29) is 5.91 Å². The fourth-order valence-electron chi connectivity index (χ4n) is 5.07. The molecule has 36 heavy (non-hydrogen) atoms. The first-order valence-corrected chi connectivity index (χ1v) is 12.9. The van der Waals surface area contributed by atoms with E-state index in [2.05, 4.69) is 65.9 Å². The van der Waals surface area contributed by atoms with E-state index >= 15 is 0 Å². The van der Waals surface area contributed by atoms with E-state index in [0.29, 0.717) is 13.2 Å². The van der Waals surface area contributed by atoms with Crippen LogP contribution in [0.1, 0.15) is 32.7 Å². The third-order valence-electron chi connectivity index (χ3n) is 7.50. The van der Waals surface area contributed by atoms with Crippen molar-refractivity contribution in [2.75, 3.05) is 65.5 Å². The third-order valence-corrected chi connectivity index (χ3v) is 7.50. The zero-order chi connectivity index (χ0) is 25.7. The molecule has 7 heteroatoms. The minimum Gasteiger partial charge on any atom is -0.383 e. The average molecular weight is 493 g/mol. The maximum atomic E-state index is 13.6. The van der Waals surface area contributed by atoms with Gasteiger partial charge >= 0.3 is 0 Å². The van der Waals surface area contributed by atoms with E-state index in [1.54, 1.807) is 14.2 Å². The number of ether oxygens (including phenoxy) is 2. The van der Waals surface area contributed by atoms with Gasteiger partial charge in [-0.05, 0) is 49.6 Å². The first kappa shape index (κ1) is 26.2. The van der Waals surface area contributed by atoms with Crippen molar-refractivity contribution in [3.8, 4) is 0 Å².